The Labute approximate surface area is 129 Å². The quantitative estimate of drug-likeness (QED) is 0.739. The van der Waals surface area contributed by atoms with Crippen molar-refractivity contribution in [2.75, 3.05) is 19.6 Å². The Bertz CT molecular complexity index is 625. The van der Waals surface area contributed by atoms with Crippen LogP contribution in [0.25, 0.3) is 0 Å². The molecule has 0 aliphatic heterocycles. The summed E-state index contributed by atoms with van der Waals surface area (Å²) in [5.41, 5.74) is 1.16. The monoisotopic (exact) mass is 304 g/mol. The van der Waals surface area contributed by atoms with Crippen molar-refractivity contribution in [1.29, 1.82) is 0 Å². The van der Waals surface area contributed by atoms with Gasteiger partial charge in [-0.3, -0.25) is 14.5 Å². The highest BCUT2D eigenvalue weighted by molar-refractivity contribution is 7.12. The van der Waals surface area contributed by atoms with E-state index in [9.17, 15) is 9.59 Å². The summed E-state index contributed by atoms with van der Waals surface area (Å²) in [6, 6.07) is 5.36. The Morgan fingerprint density at radius 2 is 2.00 bits per heavy atom. The molecule has 4 nitrogen and oxygen atoms in total. The van der Waals surface area contributed by atoms with Crippen molar-refractivity contribution < 1.29 is 9.59 Å². The second kappa shape index (κ2) is 6.83. The van der Waals surface area contributed by atoms with Crippen LogP contribution in [0.3, 0.4) is 0 Å². The Morgan fingerprint density at radius 1 is 1.29 bits per heavy atom. The standard InChI is InChI=1S/C16H20N2O2S/c1-4-18(5-2)11-14(19)13-9-12(10-17(13)3)16(20)15-7-6-8-21-15/h6-10H,4-5,11H2,1-3H3. The zero-order valence-electron chi connectivity index (χ0n) is 12.6. The first-order valence-corrected chi connectivity index (χ1v) is 7.94. The van der Waals surface area contributed by atoms with Gasteiger partial charge in [-0.25, -0.2) is 0 Å². The fraction of sp³-hybridized carbons (Fsp3) is 0.375. The zero-order chi connectivity index (χ0) is 15.4. The van der Waals surface area contributed by atoms with Gasteiger partial charge < -0.3 is 4.57 Å². The van der Waals surface area contributed by atoms with Crippen molar-refractivity contribution in [3.8, 4) is 0 Å². The number of aromatic nitrogens is 1. The minimum Gasteiger partial charge on any atom is -0.347 e. The third-order valence-electron chi connectivity index (χ3n) is 3.56. The van der Waals surface area contributed by atoms with Crippen LogP contribution in [0.15, 0.2) is 29.8 Å². The minimum atomic E-state index is -0.0255. The number of hydrogen-bond donors (Lipinski definition) is 0. The SMILES string of the molecule is CCN(CC)CC(=O)c1cc(C(=O)c2cccs2)cn1C. The fourth-order valence-corrected chi connectivity index (χ4v) is 2.93. The van der Waals surface area contributed by atoms with Gasteiger partial charge in [-0.15, -0.1) is 11.3 Å². The van der Waals surface area contributed by atoms with Gasteiger partial charge >= 0.3 is 0 Å². The van der Waals surface area contributed by atoms with E-state index in [-0.39, 0.29) is 11.6 Å². The van der Waals surface area contributed by atoms with Gasteiger partial charge in [0, 0.05) is 18.8 Å². The molecule has 0 fully saturated rings. The van der Waals surface area contributed by atoms with Crippen molar-refractivity contribution in [3.05, 3.63) is 45.9 Å². The minimum absolute atomic E-state index is 0.0255. The number of carbonyl (C=O) groups is 2. The van der Waals surface area contributed by atoms with E-state index in [0.717, 1.165) is 13.1 Å². The van der Waals surface area contributed by atoms with Crippen LogP contribution in [0.4, 0.5) is 0 Å². The molecule has 2 aromatic rings. The van der Waals surface area contributed by atoms with Gasteiger partial charge in [0.25, 0.3) is 0 Å². The molecule has 0 radical (unpaired) electrons. The van der Waals surface area contributed by atoms with Crippen molar-refractivity contribution in [1.82, 2.24) is 9.47 Å². The van der Waals surface area contributed by atoms with E-state index < -0.39 is 0 Å². The summed E-state index contributed by atoms with van der Waals surface area (Å²) in [5.74, 6) is 0.0221. The smallest absolute Gasteiger partial charge is 0.204 e. The Kier molecular flexibility index (Phi) is 5.09. The van der Waals surface area contributed by atoms with Gasteiger partial charge in [0.15, 0.2) is 5.78 Å². The van der Waals surface area contributed by atoms with E-state index in [0.29, 0.717) is 22.7 Å². The second-order valence-electron chi connectivity index (χ2n) is 4.92. The van der Waals surface area contributed by atoms with Gasteiger partial charge in [0.1, 0.15) is 0 Å². The Balaban J connectivity index is 2.19. The van der Waals surface area contributed by atoms with E-state index in [4.69, 9.17) is 0 Å². The van der Waals surface area contributed by atoms with E-state index in [1.165, 1.54) is 11.3 Å². The highest BCUT2D eigenvalue weighted by atomic mass is 32.1. The van der Waals surface area contributed by atoms with Crippen LogP contribution < -0.4 is 0 Å². The number of aryl methyl sites for hydroxylation is 1. The molecule has 0 saturated heterocycles. The maximum absolute atomic E-state index is 12.3. The molecule has 0 aliphatic carbocycles. The summed E-state index contributed by atoms with van der Waals surface area (Å²) >= 11 is 1.42. The van der Waals surface area contributed by atoms with Crippen molar-refractivity contribution >= 4 is 22.9 Å². The van der Waals surface area contributed by atoms with Crippen LogP contribution in [-0.2, 0) is 7.05 Å². The Morgan fingerprint density at radius 3 is 2.57 bits per heavy atom. The van der Waals surface area contributed by atoms with E-state index >= 15 is 0 Å². The molecule has 0 aliphatic rings. The van der Waals surface area contributed by atoms with Gasteiger partial charge in [-0.05, 0) is 30.6 Å². The first kappa shape index (κ1) is 15.7. The van der Waals surface area contributed by atoms with Crippen LogP contribution in [0, 0.1) is 0 Å². The summed E-state index contributed by atoms with van der Waals surface area (Å²) < 4.78 is 1.74. The third kappa shape index (κ3) is 3.49. The third-order valence-corrected chi connectivity index (χ3v) is 4.43. The van der Waals surface area contributed by atoms with Crippen molar-refractivity contribution in [3.63, 3.8) is 0 Å². The molecule has 0 amide bonds. The molecule has 0 saturated carbocycles. The van der Waals surface area contributed by atoms with E-state index in [1.807, 2.05) is 25.3 Å². The van der Waals surface area contributed by atoms with Crippen LogP contribution in [0.5, 0.6) is 0 Å². The molecule has 2 heterocycles. The zero-order valence-corrected chi connectivity index (χ0v) is 13.4. The number of thiophene rings is 1. The first-order chi connectivity index (χ1) is 10.1. The molecule has 2 rings (SSSR count). The van der Waals surface area contributed by atoms with E-state index in [1.54, 1.807) is 29.9 Å². The maximum Gasteiger partial charge on any atom is 0.204 e. The molecule has 112 valence electrons. The van der Waals surface area contributed by atoms with Gasteiger partial charge in [-0.1, -0.05) is 19.9 Å². The second-order valence-corrected chi connectivity index (χ2v) is 5.86. The number of Topliss-reactive ketones (excluding diaryl/α,β-unsaturated/α-hetero) is 1. The van der Waals surface area contributed by atoms with Gasteiger partial charge in [-0.2, -0.15) is 0 Å². The van der Waals surface area contributed by atoms with Crippen molar-refractivity contribution in [2.45, 2.75) is 13.8 Å². The lowest BCUT2D eigenvalue weighted by molar-refractivity contribution is 0.0929. The molecule has 5 heteroatoms. The normalized spacial score (nSPS) is 11.0. The highest BCUT2D eigenvalue weighted by Gasteiger charge is 2.18. The molecule has 0 aromatic carbocycles. The predicted molar refractivity (Wildman–Crippen MR) is 85.3 cm³/mol. The number of hydrogen-bond acceptors (Lipinski definition) is 4. The molecule has 0 atom stereocenters. The highest BCUT2D eigenvalue weighted by Crippen LogP contribution is 2.17. The lowest BCUT2D eigenvalue weighted by Gasteiger charge is -2.16. The number of carbonyl (C=O) groups excluding carboxylic acids is 2. The first-order valence-electron chi connectivity index (χ1n) is 7.06. The number of ketones is 2. The molecular formula is C16H20N2O2S. The molecular weight excluding hydrogens is 284 g/mol. The summed E-state index contributed by atoms with van der Waals surface area (Å²) in [7, 11) is 1.81. The van der Waals surface area contributed by atoms with Crippen molar-refractivity contribution in [2.24, 2.45) is 7.05 Å². The summed E-state index contributed by atoms with van der Waals surface area (Å²) in [6.07, 6.45) is 1.73. The molecule has 0 unspecified atom stereocenters. The van der Waals surface area contributed by atoms with Gasteiger partial charge in [0.2, 0.25) is 5.78 Å². The fourth-order valence-electron chi connectivity index (χ4n) is 2.25. The van der Waals surface area contributed by atoms with Gasteiger partial charge in [0.05, 0.1) is 17.1 Å². The average molecular weight is 304 g/mol. The van der Waals surface area contributed by atoms with Crippen LogP contribution in [0.1, 0.15) is 39.6 Å². The lowest BCUT2D eigenvalue weighted by Crippen LogP contribution is -2.30. The predicted octanol–water partition coefficient (Wildman–Crippen LogP) is 2.84. The molecule has 0 spiro atoms. The summed E-state index contributed by atoms with van der Waals surface area (Å²) in [4.78, 5) is 27.4. The number of nitrogens with zero attached hydrogens (tertiary/aromatic N) is 2. The molecule has 21 heavy (non-hydrogen) atoms. The molecule has 2 aromatic heterocycles. The molecule has 0 bridgehead atoms. The maximum atomic E-state index is 12.3. The number of rotatable bonds is 7. The summed E-state index contributed by atoms with van der Waals surface area (Å²) in [6.45, 7) is 6.14. The van der Waals surface area contributed by atoms with Crippen LogP contribution >= 0.6 is 11.3 Å². The largest absolute Gasteiger partial charge is 0.347 e. The topological polar surface area (TPSA) is 42.3 Å². The number of likely N-dealkylation sites (N-methyl/N-ethyl adjacent to an activating group) is 1. The van der Waals surface area contributed by atoms with Crippen LogP contribution in [0.2, 0.25) is 0 Å². The molecule has 0 N–H and O–H groups in total. The average Bonchev–Trinajstić information content (AvgIpc) is 3.13. The van der Waals surface area contributed by atoms with E-state index in [2.05, 4.69) is 4.90 Å². The summed E-state index contributed by atoms with van der Waals surface area (Å²) in [5, 5.41) is 1.88. The lowest BCUT2D eigenvalue weighted by atomic mass is 10.1. The Hall–Kier alpha value is -1.72. The van der Waals surface area contributed by atoms with Crippen LogP contribution in [-0.4, -0.2) is 40.7 Å².